The summed E-state index contributed by atoms with van der Waals surface area (Å²) in [7, 11) is 1.68. The van der Waals surface area contributed by atoms with Crippen LogP contribution in [-0.4, -0.2) is 16.9 Å². The molecular weight excluding hydrogens is 238 g/mol. The van der Waals surface area contributed by atoms with Crippen molar-refractivity contribution in [3.8, 4) is 5.75 Å². The van der Waals surface area contributed by atoms with E-state index >= 15 is 0 Å². The van der Waals surface area contributed by atoms with E-state index in [1.165, 1.54) is 11.1 Å². The number of aromatic nitrogens is 2. The first kappa shape index (κ1) is 13.6. The quantitative estimate of drug-likeness (QED) is 0.867. The van der Waals surface area contributed by atoms with Gasteiger partial charge in [0.15, 0.2) is 0 Å². The van der Waals surface area contributed by atoms with Crippen LogP contribution in [-0.2, 0) is 13.1 Å². The van der Waals surface area contributed by atoms with Crippen molar-refractivity contribution in [2.75, 3.05) is 7.11 Å². The molecule has 0 radical (unpaired) electrons. The van der Waals surface area contributed by atoms with Crippen molar-refractivity contribution in [2.24, 2.45) is 0 Å². The van der Waals surface area contributed by atoms with Crippen LogP contribution in [0.1, 0.15) is 31.0 Å². The maximum Gasteiger partial charge on any atom is 0.118 e. The Morgan fingerprint density at radius 1 is 1.16 bits per heavy atom. The SMILES string of the molecule is COc1ccc(CNCc2cnn(C(C)C)c2)cc1. The molecule has 2 rings (SSSR count). The normalized spacial score (nSPS) is 10.9. The summed E-state index contributed by atoms with van der Waals surface area (Å²) in [5, 5.41) is 7.74. The van der Waals surface area contributed by atoms with Crippen molar-refractivity contribution in [3.05, 3.63) is 47.8 Å². The van der Waals surface area contributed by atoms with Gasteiger partial charge in [0, 0.05) is 30.9 Å². The molecule has 0 fully saturated rings. The molecule has 0 spiro atoms. The molecule has 4 heteroatoms. The summed E-state index contributed by atoms with van der Waals surface area (Å²) in [4.78, 5) is 0. The topological polar surface area (TPSA) is 39.1 Å². The predicted molar refractivity (Wildman–Crippen MR) is 76.1 cm³/mol. The van der Waals surface area contributed by atoms with Crippen LogP contribution < -0.4 is 10.1 Å². The Labute approximate surface area is 114 Å². The second kappa shape index (κ2) is 6.38. The van der Waals surface area contributed by atoms with E-state index in [0.717, 1.165) is 18.8 Å². The second-order valence-electron chi connectivity index (χ2n) is 4.87. The Hall–Kier alpha value is -1.81. The molecule has 0 bridgehead atoms. The maximum absolute atomic E-state index is 5.14. The average molecular weight is 259 g/mol. The van der Waals surface area contributed by atoms with Crippen molar-refractivity contribution >= 4 is 0 Å². The highest BCUT2D eigenvalue weighted by Crippen LogP contribution is 2.11. The molecule has 0 unspecified atom stereocenters. The van der Waals surface area contributed by atoms with Gasteiger partial charge in [-0.3, -0.25) is 4.68 Å². The van der Waals surface area contributed by atoms with Gasteiger partial charge in [0.05, 0.1) is 13.3 Å². The van der Waals surface area contributed by atoms with Crippen LogP contribution >= 0.6 is 0 Å². The third kappa shape index (κ3) is 3.83. The van der Waals surface area contributed by atoms with Gasteiger partial charge < -0.3 is 10.1 Å². The first-order valence-corrected chi connectivity index (χ1v) is 6.55. The van der Waals surface area contributed by atoms with Gasteiger partial charge in [0.2, 0.25) is 0 Å². The lowest BCUT2D eigenvalue weighted by Gasteiger charge is -2.05. The highest BCUT2D eigenvalue weighted by molar-refractivity contribution is 5.27. The summed E-state index contributed by atoms with van der Waals surface area (Å²) >= 11 is 0. The zero-order chi connectivity index (χ0) is 13.7. The largest absolute Gasteiger partial charge is 0.497 e. The highest BCUT2D eigenvalue weighted by Gasteiger charge is 2.01. The van der Waals surface area contributed by atoms with Crippen LogP contribution in [0.5, 0.6) is 5.75 Å². The smallest absolute Gasteiger partial charge is 0.118 e. The number of hydrogen-bond acceptors (Lipinski definition) is 3. The fourth-order valence-electron chi connectivity index (χ4n) is 1.85. The van der Waals surface area contributed by atoms with Crippen molar-refractivity contribution in [1.82, 2.24) is 15.1 Å². The Kier molecular flexibility index (Phi) is 4.58. The van der Waals surface area contributed by atoms with E-state index in [4.69, 9.17) is 4.74 Å². The fourth-order valence-corrected chi connectivity index (χ4v) is 1.85. The van der Waals surface area contributed by atoms with Gasteiger partial charge in [-0.25, -0.2) is 0 Å². The van der Waals surface area contributed by atoms with E-state index in [-0.39, 0.29) is 0 Å². The van der Waals surface area contributed by atoms with Gasteiger partial charge in [0.25, 0.3) is 0 Å². The lowest BCUT2D eigenvalue weighted by Crippen LogP contribution is -2.12. The van der Waals surface area contributed by atoms with Gasteiger partial charge >= 0.3 is 0 Å². The molecule has 0 saturated heterocycles. The van der Waals surface area contributed by atoms with Gasteiger partial charge in [-0.15, -0.1) is 0 Å². The standard InChI is InChI=1S/C15H21N3O/c1-12(2)18-11-14(10-17-18)9-16-8-13-4-6-15(19-3)7-5-13/h4-7,10-12,16H,8-9H2,1-3H3. The molecule has 1 N–H and O–H groups in total. The molecule has 1 heterocycles. The van der Waals surface area contributed by atoms with Crippen LogP contribution in [0.4, 0.5) is 0 Å². The Bertz CT molecular complexity index is 502. The van der Waals surface area contributed by atoms with E-state index in [0.29, 0.717) is 6.04 Å². The minimum atomic E-state index is 0.412. The molecule has 0 aliphatic heterocycles. The van der Waals surface area contributed by atoms with Crippen molar-refractivity contribution < 1.29 is 4.74 Å². The minimum Gasteiger partial charge on any atom is -0.497 e. The van der Waals surface area contributed by atoms with Crippen LogP contribution in [0.2, 0.25) is 0 Å². The Balaban J connectivity index is 1.81. The van der Waals surface area contributed by atoms with Gasteiger partial charge in [-0.2, -0.15) is 5.10 Å². The van der Waals surface area contributed by atoms with Gasteiger partial charge in [-0.05, 0) is 31.5 Å². The molecule has 19 heavy (non-hydrogen) atoms. The molecule has 2 aromatic rings. The van der Waals surface area contributed by atoms with Crippen molar-refractivity contribution in [1.29, 1.82) is 0 Å². The molecule has 1 aromatic carbocycles. The lowest BCUT2D eigenvalue weighted by atomic mass is 10.2. The van der Waals surface area contributed by atoms with E-state index in [9.17, 15) is 0 Å². The van der Waals surface area contributed by atoms with Crippen LogP contribution in [0, 0.1) is 0 Å². The molecule has 0 amide bonds. The summed E-state index contributed by atoms with van der Waals surface area (Å²) < 4.78 is 7.11. The molecule has 102 valence electrons. The number of hydrogen-bond donors (Lipinski definition) is 1. The van der Waals surface area contributed by atoms with Gasteiger partial charge in [0.1, 0.15) is 5.75 Å². The first-order valence-electron chi connectivity index (χ1n) is 6.55. The van der Waals surface area contributed by atoms with E-state index in [2.05, 4.69) is 42.6 Å². The number of ether oxygens (including phenoxy) is 1. The second-order valence-corrected chi connectivity index (χ2v) is 4.87. The van der Waals surface area contributed by atoms with Crippen molar-refractivity contribution in [2.45, 2.75) is 33.0 Å². The minimum absolute atomic E-state index is 0.412. The molecular formula is C15H21N3O. The number of nitrogens with zero attached hydrogens (tertiary/aromatic N) is 2. The number of benzene rings is 1. The number of rotatable bonds is 6. The van der Waals surface area contributed by atoms with E-state index in [1.54, 1.807) is 7.11 Å². The third-order valence-electron chi connectivity index (χ3n) is 3.00. The predicted octanol–water partition coefficient (Wildman–Crippen LogP) is 2.76. The Morgan fingerprint density at radius 2 is 1.84 bits per heavy atom. The monoisotopic (exact) mass is 259 g/mol. The fraction of sp³-hybridized carbons (Fsp3) is 0.400. The molecule has 0 atom stereocenters. The molecule has 4 nitrogen and oxygen atoms in total. The third-order valence-corrected chi connectivity index (χ3v) is 3.00. The molecule has 1 aromatic heterocycles. The van der Waals surface area contributed by atoms with Crippen LogP contribution in [0.25, 0.3) is 0 Å². The van der Waals surface area contributed by atoms with Crippen LogP contribution in [0.15, 0.2) is 36.7 Å². The summed E-state index contributed by atoms with van der Waals surface area (Å²) in [6, 6.07) is 8.52. The number of methoxy groups -OCH3 is 1. The Morgan fingerprint density at radius 3 is 2.42 bits per heavy atom. The maximum atomic E-state index is 5.14. The average Bonchev–Trinajstić information content (AvgIpc) is 2.89. The summed E-state index contributed by atoms with van der Waals surface area (Å²) in [6.45, 7) is 5.93. The first-order chi connectivity index (χ1) is 9.19. The summed E-state index contributed by atoms with van der Waals surface area (Å²) in [6.07, 6.45) is 4.01. The summed E-state index contributed by atoms with van der Waals surface area (Å²) in [5.41, 5.74) is 2.46. The molecule has 0 aliphatic carbocycles. The molecule has 0 aliphatic rings. The molecule has 0 saturated carbocycles. The summed E-state index contributed by atoms with van der Waals surface area (Å²) in [5.74, 6) is 0.891. The number of nitrogens with one attached hydrogen (secondary N) is 1. The zero-order valence-electron chi connectivity index (χ0n) is 11.8. The zero-order valence-corrected chi connectivity index (χ0v) is 11.8. The van der Waals surface area contributed by atoms with Crippen molar-refractivity contribution in [3.63, 3.8) is 0 Å². The van der Waals surface area contributed by atoms with E-state index < -0.39 is 0 Å². The highest BCUT2D eigenvalue weighted by atomic mass is 16.5. The lowest BCUT2D eigenvalue weighted by molar-refractivity contribution is 0.414. The van der Waals surface area contributed by atoms with Crippen LogP contribution in [0.3, 0.4) is 0 Å². The van der Waals surface area contributed by atoms with Gasteiger partial charge in [-0.1, -0.05) is 12.1 Å². The van der Waals surface area contributed by atoms with E-state index in [1.807, 2.05) is 23.0 Å².